The lowest BCUT2D eigenvalue weighted by Crippen LogP contribution is -2.11. The quantitative estimate of drug-likeness (QED) is 0.870. The topological polar surface area (TPSA) is 35.2 Å². The number of thiocarbonyl (C=S) groups is 1. The summed E-state index contributed by atoms with van der Waals surface area (Å²) in [5.74, 6) is -0.258. The predicted octanol–water partition coefficient (Wildman–Crippen LogP) is 3.70. The molecule has 0 heterocycles. The highest BCUT2D eigenvalue weighted by atomic mass is 32.1. The van der Waals surface area contributed by atoms with Crippen LogP contribution in [0.25, 0.3) is 0 Å². The third-order valence-corrected chi connectivity index (χ3v) is 2.80. The lowest BCUT2D eigenvalue weighted by atomic mass is 10.2. The van der Waals surface area contributed by atoms with Crippen molar-refractivity contribution in [3.05, 3.63) is 59.2 Å². The van der Waals surface area contributed by atoms with E-state index >= 15 is 0 Å². The molecule has 0 saturated heterocycles. The van der Waals surface area contributed by atoms with Crippen LogP contribution >= 0.6 is 12.2 Å². The molecule has 0 aliphatic carbocycles. The van der Waals surface area contributed by atoms with E-state index in [1.54, 1.807) is 19.1 Å². The van der Waals surface area contributed by atoms with Crippen LogP contribution in [0.2, 0.25) is 0 Å². The minimum absolute atomic E-state index is 0.0158. The molecule has 5 heteroatoms. The van der Waals surface area contributed by atoms with Gasteiger partial charge in [0.15, 0.2) is 0 Å². The summed E-state index contributed by atoms with van der Waals surface area (Å²) in [6.45, 7) is 1.65. The van der Waals surface area contributed by atoms with Gasteiger partial charge in [-0.15, -0.1) is 0 Å². The number of aryl methyl sites for hydroxylation is 1. The number of nitrogens with two attached hydrogens (primary N) is 1. The maximum Gasteiger partial charge on any atom is 0.137 e. The third-order valence-electron chi connectivity index (χ3n) is 2.58. The Kier molecular flexibility index (Phi) is 3.76. The zero-order chi connectivity index (χ0) is 14.0. The van der Waals surface area contributed by atoms with E-state index < -0.39 is 5.82 Å². The first-order valence-electron chi connectivity index (χ1n) is 5.51. The van der Waals surface area contributed by atoms with Crippen molar-refractivity contribution in [1.29, 1.82) is 0 Å². The molecule has 2 N–H and O–H groups in total. The molecule has 2 aromatic carbocycles. The maximum atomic E-state index is 13.4. The Balaban J connectivity index is 2.37. The van der Waals surface area contributed by atoms with E-state index in [1.807, 2.05) is 0 Å². The van der Waals surface area contributed by atoms with Crippen LogP contribution in [0, 0.1) is 18.6 Å². The van der Waals surface area contributed by atoms with Gasteiger partial charge < -0.3 is 10.5 Å². The minimum atomic E-state index is -0.467. The molecule has 0 bridgehead atoms. The van der Waals surface area contributed by atoms with E-state index in [0.29, 0.717) is 11.3 Å². The number of rotatable bonds is 3. The van der Waals surface area contributed by atoms with Crippen molar-refractivity contribution in [2.75, 3.05) is 0 Å². The van der Waals surface area contributed by atoms with E-state index in [4.69, 9.17) is 22.7 Å². The summed E-state index contributed by atoms with van der Waals surface area (Å²) in [7, 11) is 0. The minimum Gasteiger partial charge on any atom is -0.457 e. The molecule has 0 saturated carbocycles. The molecular weight excluding hydrogens is 268 g/mol. The molecule has 2 rings (SSSR count). The van der Waals surface area contributed by atoms with Gasteiger partial charge in [-0.3, -0.25) is 0 Å². The number of hydrogen-bond acceptors (Lipinski definition) is 2. The van der Waals surface area contributed by atoms with Crippen LogP contribution in [0.15, 0.2) is 36.4 Å². The first-order valence-corrected chi connectivity index (χ1v) is 5.91. The van der Waals surface area contributed by atoms with E-state index in [2.05, 4.69) is 0 Å². The van der Waals surface area contributed by atoms with Crippen molar-refractivity contribution >= 4 is 17.2 Å². The highest BCUT2D eigenvalue weighted by Crippen LogP contribution is 2.27. The van der Waals surface area contributed by atoms with Gasteiger partial charge in [-0.05, 0) is 36.8 Å². The molecule has 0 fully saturated rings. The molecule has 2 aromatic rings. The Bertz CT molecular complexity index is 643. The number of ether oxygens (including phenoxy) is 1. The largest absolute Gasteiger partial charge is 0.457 e. The van der Waals surface area contributed by atoms with Crippen LogP contribution in [0.1, 0.15) is 11.1 Å². The summed E-state index contributed by atoms with van der Waals surface area (Å²) in [6.07, 6.45) is 0. The van der Waals surface area contributed by atoms with Crippen molar-refractivity contribution in [2.24, 2.45) is 5.73 Å². The number of benzene rings is 2. The molecule has 2 nitrogen and oxygen atoms in total. The van der Waals surface area contributed by atoms with Gasteiger partial charge in [0.2, 0.25) is 0 Å². The predicted molar refractivity (Wildman–Crippen MR) is 73.5 cm³/mol. The Hall–Kier alpha value is -2.01. The van der Waals surface area contributed by atoms with Crippen LogP contribution in [0.5, 0.6) is 11.5 Å². The standard InChI is InChI=1S/C14H11F2NOS/c1-8-2-4-10(7-12(8)16)18-13-5-3-9(15)6-11(13)14(17)19/h2-7H,1H3,(H2,17,19). The molecule has 19 heavy (non-hydrogen) atoms. The smallest absolute Gasteiger partial charge is 0.137 e. The Labute approximate surface area is 114 Å². The summed E-state index contributed by atoms with van der Waals surface area (Å²) in [4.78, 5) is 0.0158. The van der Waals surface area contributed by atoms with Crippen molar-refractivity contribution in [3.63, 3.8) is 0 Å². The van der Waals surface area contributed by atoms with Crippen LogP contribution in [-0.4, -0.2) is 4.99 Å². The van der Waals surface area contributed by atoms with Crippen molar-refractivity contribution in [1.82, 2.24) is 0 Å². The fourth-order valence-corrected chi connectivity index (χ4v) is 1.71. The molecule has 0 amide bonds. The summed E-state index contributed by atoms with van der Waals surface area (Å²) < 4.78 is 32.0. The van der Waals surface area contributed by atoms with Gasteiger partial charge in [-0.2, -0.15) is 0 Å². The second-order valence-electron chi connectivity index (χ2n) is 4.02. The fraction of sp³-hybridized carbons (Fsp3) is 0.0714. The molecule has 0 aromatic heterocycles. The summed E-state index contributed by atoms with van der Waals surface area (Å²) in [5.41, 5.74) is 6.29. The van der Waals surface area contributed by atoms with E-state index in [-0.39, 0.29) is 22.1 Å². The summed E-state index contributed by atoms with van der Waals surface area (Å²) in [5, 5.41) is 0. The second kappa shape index (κ2) is 5.32. The summed E-state index contributed by atoms with van der Waals surface area (Å²) in [6, 6.07) is 8.27. The lowest BCUT2D eigenvalue weighted by molar-refractivity contribution is 0.473. The van der Waals surface area contributed by atoms with E-state index in [0.717, 1.165) is 0 Å². The summed E-state index contributed by atoms with van der Waals surface area (Å²) >= 11 is 4.83. The highest BCUT2D eigenvalue weighted by Gasteiger charge is 2.10. The first kappa shape index (κ1) is 13.4. The highest BCUT2D eigenvalue weighted by molar-refractivity contribution is 7.80. The van der Waals surface area contributed by atoms with Crippen molar-refractivity contribution in [3.8, 4) is 11.5 Å². The van der Waals surface area contributed by atoms with E-state index in [9.17, 15) is 8.78 Å². The van der Waals surface area contributed by atoms with Crippen LogP contribution < -0.4 is 10.5 Å². The normalized spacial score (nSPS) is 10.3. The Morgan fingerprint density at radius 2 is 1.89 bits per heavy atom. The molecule has 0 aliphatic heterocycles. The molecule has 0 unspecified atom stereocenters. The zero-order valence-corrected chi connectivity index (χ0v) is 10.9. The zero-order valence-electron chi connectivity index (χ0n) is 10.1. The average molecular weight is 279 g/mol. The SMILES string of the molecule is Cc1ccc(Oc2ccc(F)cc2C(N)=S)cc1F. The number of halogens is 2. The third kappa shape index (κ3) is 3.06. The lowest BCUT2D eigenvalue weighted by Gasteiger charge is -2.11. The molecule has 0 atom stereocenters. The van der Waals surface area contributed by atoms with E-state index in [1.165, 1.54) is 24.3 Å². The maximum absolute atomic E-state index is 13.4. The average Bonchev–Trinajstić information content (AvgIpc) is 2.36. The van der Waals surface area contributed by atoms with Gasteiger partial charge in [0, 0.05) is 6.07 Å². The van der Waals surface area contributed by atoms with Gasteiger partial charge in [-0.25, -0.2) is 8.78 Å². The first-order chi connectivity index (χ1) is 8.97. The Morgan fingerprint density at radius 3 is 2.53 bits per heavy atom. The van der Waals surface area contributed by atoms with Gasteiger partial charge in [0.25, 0.3) is 0 Å². The van der Waals surface area contributed by atoms with Crippen LogP contribution in [0.3, 0.4) is 0 Å². The van der Waals surface area contributed by atoms with Gasteiger partial charge in [-0.1, -0.05) is 18.3 Å². The molecule has 0 aliphatic rings. The van der Waals surface area contributed by atoms with Crippen LogP contribution in [-0.2, 0) is 0 Å². The second-order valence-corrected chi connectivity index (χ2v) is 4.46. The van der Waals surface area contributed by atoms with Crippen LogP contribution in [0.4, 0.5) is 8.78 Å². The Morgan fingerprint density at radius 1 is 1.16 bits per heavy atom. The van der Waals surface area contributed by atoms with Crippen molar-refractivity contribution < 1.29 is 13.5 Å². The van der Waals surface area contributed by atoms with Gasteiger partial charge in [0.1, 0.15) is 28.1 Å². The monoisotopic (exact) mass is 279 g/mol. The molecule has 98 valence electrons. The van der Waals surface area contributed by atoms with Gasteiger partial charge in [0.05, 0.1) is 5.56 Å². The van der Waals surface area contributed by atoms with Crippen molar-refractivity contribution in [2.45, 2.75) is 6.92 Å². The molecule has 0 radical (unpaired) electrons. The fourth-order valence-electron chi connectivity index (χ4n) is 1.55. The van der Waals surface area contributed by atoms with Gasteiger partial charge >= 0.3 is 0 Å². The molecular formula is C14H11F2NOS. The molecule has 0 spiro atoms. The number of hydrogen-bond donors (Lipinski definition) is 1.